The van der Waals surface area contributed by atoms with E-state index in [9.17, 15) is 8.42 Å². The molecule has 1 aliphatic rings. The first-order chi connectivity index (χ1) is 8.00. The molecule has 0 N–H and O–H groups in total. The summed E-state index contributed by atoms with van der Waals surface area (Å²) in [4.78, 5) is 3.42. The van der Waals surface area contributed by atoms with E-state index in [1.165, 1.54) is 4.88 Å². The van der Waals surface area contributed by atoms with Crippen molar-refractivity contribution >= 4 is 32.8 Å². The molecule has 1 aromatic rings. The maximum atomic E-state index is 11.5. The van der Waals surface area contributed by atoms with Gasteiger partial charge in [0.05, 0.1) is 15.8 Å². The molecule has 0 amide bonds. The van der Waals surface area contributed by atoms with Gasteiger partial charge in [0.2, 0.25) is 0 Å². The summed E-state index contributed by atoms with van der Waals surface area (Å²) in [6.07, 6.45) is 0.759. The molecule has 0 radical (unpaired) electrons. The van der Waals surface area contributed by atoms with Gasteiger partial charge in [0.1, 0.15) is 0 Å². The van der Waals surface area contributed by atoms with Gasteiger partial charge in [0.15, 0.2) is 9.84 Å². The lowest BCUT2D eigenvalue weighted by Gasteiger charge is -2.25. The van der Waals surface area contributed by atoms with E-state index in [1.807, 2.05) is 12.1 Å². The maximum Gasteiger partial charge on any atom is 0.151 e. The first kappa shape index (κ1) is 13.3. The number of halogens is 1. The van der Waals surface area contributed by atoms with Crippen LogP contribution in [0.4, 0.5) is 0 Å². The summed E-state index contributed by atoms with van der Waals surface area (Å²) in [6, 6.07) is 4.07. The quantitative estimate of drug-likeness (QED) is 0.855. The number of hydrogen-bond acceptors (Lipinski definition) is 4. The molecule has 2 heterocycles. The van der Waals surface area contributed by atoms with E-state index in [0.29, 0.717) is 11.5 Å². The van der Waals surface area contributed by atoms with Gasteiger partial charge in [-0.2, -0.15) is 0 Å². The number of hydrogen-bond donors (Lipinski definition) is 0. The molecule has 1 fully saturated rings. The van der Waals surface area contributed by atoms with E-state index in [0.717, 1.165) is 23.8 Å². The van der Waals surface area contributed by atoms with Gasteiger partial charge >= 0.3 is 0 Å². The number of sulfone groups is 1. The molecule has 1 aliphatic heterocycles. The normalized spacial score (nSPS) is 23.4. The highest BCUT2D eigenvalue weighted by Gasteiger charge is 2.31. The summed E-state index contributed by atoms with van der Waals surface area (Å²) in [7, 11) is -2.80. The second-order valence-electron chi connectivity index (χ2n) is 4.33. The van der Waals surface area contributed by atoms with Crippen molar-refractivity contribution in [3.8, 4) is 0 Å². The topological polar surface area (TPSA) is 37.4 Å². The lowest BCUT2D eigenvalue weighted by molar-refractivity contribution is 0.217. The van der Waals surface area contributed by atoms with Crippen LogP contribution in [0.25, 0.3) is 0 Å². The fraction of sp³-hybridized carbons (Fsp3) is 0.636. The van der Waals surface area contributed by atoms with Crippen LogP contribution in [0.3, 0.4) is 0 Å². The Hall–Kier alpha value is -0.100. The van der Waals surface area contributed by atoms with Crippen LogP contribution in [0.5, 0.6) is 0 Å². The predicted molar refractivity (Wildman–Crippen MR) is 72.5 cm³/mol. The highest BCUT2D eigenvalue weighted by atomic mass is 35.5. The van der Waals surface area contributed by atoms with Crippen molar-refractivity contribution in [3.63, 3.8) is 0 Å². The van der Waals surface area contributed by atoms with E-state index in [4.69, 9.17) is 11.6 Å². The minimum atomic E-state index is -2.80. The SMILES string of the molecule is CCN(Cc1ccc(Cl)s1)[C@@H]1CCS(=O)(=O)C1. The van der Waals surface area contributed by atoms with Crippen LogP contribution in [0.2, 0.25) is 4.34 Å². The molecule has 1 saturated heterocycles. The third-order valence-corrected chi connectivity index (χ3v) is 6.09. The van der Waals surface area contributed by atoms with Gasteiger partial charge in [-0.05, 0) is 25.1 Å². The van der Waals surface area contributed by atoms with Crippen molar-refractivity contribution in [1.29, 1.82) is 0 Å². The lowest BCUT2D eigenvalue weighted by atomic mass is 10.2. The molecule has 2 rings (SSSR count). The van der Waals surface area contributed by atoms with Gasteiger partial charge in [-0.15, -0.1) is 11.3 Å². The number of nitrogens with zero attached hydrogens (tertiary/aromatic N) is 1. The predicted octanol–water partition coefficient (Wildman–Crippen LogP) is 2.41. The zero-order valence-electron chi connectivity index (χ0n) is 9.73. The van der Waals surface area contributed by atoms with E-state index in [1.54, 1.807) is 11.3 Å². The van der Waals surface area contributed by atoms with Crippen LogP contribution < -0.4 is 0 Å². The van der Waals surface area contributed by atoms with Crippen molar-refractivity contribution in [2.45, 2.75) is 25.9 Å². The third kappa shape index (κ3) is 3.44. The Morgan fingerprint density at radius 3 is 2.76 bits per heavy atom. The van der Waals surface area contributed by atoms with Gasteiger partial charge in [-0.3, -0.25) is 4.90 Å². The molecule has 0 aliphatic carbocycles. The molecule has 17 heavy (non-hydrogen) atoms. The summed E-state index contributed by atoms with van der Waals surface area (Å²) in [5, 5.41) is 0. The molecule has 1 aromatic heterocycles. The van der Waals surface area contributed by atoms with E-state index >= 15 is 0 Å². The Morgan fingerprint density at radius 1 is 1.53 bits per heavy atom. The van der Waals surface area contributed by atoms with Gasteiger partial charge in [-0.1, -0.05) is 18.5 Å². The Balaban J connectivity index is 2.02. The summed E-state index contributed by atoms with van der Waals surface area (Å²) < 4.78 is 23.7. The van der Waals surface area contributed by atoms with Crippen LogP contribution in [0, 0.1) is 0 Å². The molecule has 3 nitrogen and oxygen atoms in total. The first-order valence-electron chi connectivity index (χ1n) is 5.69. The molecular weight excluding hydrogens is 278 g/mol. The number of thiophene rings is 1. The summed E-state index contributed by atoms with van der Waals surface area (Å²) in [5.41, 5.74) is 0. The Morgan fingerprint density at radius 2 is 2.29 bits per heavy atom. The van der Waals surface area contributed by atoms with Gasteiger partial charge < -0.3 is 0 Å². The van der Waals surface area contributed by atoms with E-state index in [2.05, 4.69) is 11.8 Å². The molecule has 1 atom stereocenters. The highest BCUT2D eigenvalue weighted by Crippen LogP contribution is 2.25. The van der Waals surface area contributed by atoms with Crippen molar-refractivity contribution in [2.75, 3.05) is 18.1 Å². The average molecular weight is 294 g/mol. The molecule has 0 unspecified atom stereocenters. The zero-order chi connectivity index (χ0) is 12.5. The van der Waals surface area contributed by atoms with E-state index < -0.39 is 9.84 Å². The molecule has 0 bridgehead atoms. The maximum absolute atomic E-state index is 11.5. The molecule has 0 spiro atoms. The number of rotatable bonds is 4. The van der Waals surface area contributed by atoms with Crippen molar-refractivity contribution in [2.24, 2.45) is 0 Å². The Bertz CT molecular complexity index is 483. The van der Waals surface area contributed by atoms with Crippen molar-refractivity contribution in [1.82, 2.24) is 4.90 Å². The highest BCUT2D eigenvalue weighted by molar-refractivity contribution is 7.91. The lowest BCUT2D eigenvalue weighted by Crippen LogP contribution is -2.35. The average Bonchev–Trinajstić information content (AvgIpc) is 2.81. The van der Waals surface area contributed by atoms with Crippen LogP contribution in [0.1, 0.15) is 18.2 Å². The second-order valence-corrected chi connectivity index (χ2v) is 8.35. The van der Waals surface area contributed by atoms with Crippen LogP contribution in [0.15, 0.2) is 12.1 Å². The largest absolute Gasteiger partial charge is 0.295 e. The Labute approximate surface area is 111 Å². The van der Waals surface area contributed by atoms with Gasteiger partial charge in [-0.25, -0.2) is 8.42 Å². The molecule has 0 aromatic carbocycles. The smallest absolute Gasteiger partial charge is 0.151 e. The van der Waals surface area contributed by atoms with Crippen LogP contribution >= 0.6 is 22.9 Å². The summed E-state index contributed by atoms with van der Waals surface area (Å²) in [6.45, 7) is 3.74. The standard InChI is InChI=1S/C11H16ClNO2S2/c1-2-13(7-10-3-4-11(12)16-10)9-5-6-17(14,15)8-9/h3-4,9H,2,5-8H2,1H3/t9-/m1/s1. The Kier molecular flexibility index (Phi) is 4.13. The van der Waals surface area contributed by atoms with Crippen LogP contribution in [-0.4, -0.2) is 37.4 Å². The summed E-state index contributed by atoms with van der Waals surface area (Å²) >= 11 is 7.46. The molecule has 96 valence electrons. The van der Waals surface area contributed by atoms with Crippen molar-refractivity contribution in [3.05, 3.63) is 21.3 Å². The summed E-state index contributed by atoms with van der Waals surface area (Å²) in [5.74, 6) is 0.638. The van der Waals surface area contributed by atoms with Crippen molar-refractivity contribution < 1.29 is 8.42 Å². The fourth-order valence-corrected chi connectivity index (χ4v) is 5.07. The second kappa shape index (κ2) is 5.26. The van der Waals surface area contributed by atoms with Crippen LogP contribution in [-0.2, 0) is 16.4 Å². The molecule has 6 heteroatoms. The van der Waals surface area contributed by atoms with Gasteiger partial charge in [0, 0.05) is 17.5 Å². The monoisotopic (exact) mass is 293 g/mol. The fourth-order valence-electron chi connectivity index (χ4n) is 2.20. The van der Waals surface area contributed by atoms with E-state index in [-0.39, 0.29) is 6.04 Å². The first-order valence-corrected chi connectivity index (χ1v) is 8.70. The third-order valence-electron chi connectivity index (χ3n) is 3.12. The minimum absolute atomic E-state index is 0.172. The van der Waals surface area contributed by atoms with Gasteiger partial charge in [0.25, 0.3) is 0 Å². The zero-order valence-corrected chi connectivity index (χ0v) is 12.1. The molecule has 0 saturated carbocycles. The minimum Gasteiger partial charge on any atom is -0.295 e. The molecular formula is C11H16ClNO2S2.